The van der Waals surface area contributed by atoms with Crippen LogP contribution in [0, 0.1) is 11.7 Å². The molecule has 2 rings (SSSR count). The Hall–Kier alpha value is -0.940. The number of aliphatic carboxylic acids is 1. The molecule has 0 unspecified atom stereocenters. The highest BCUT2D eigenvalue weighted by molar-refractivity contribution is 9.10. The van der Waals surface area contributed by atoms with Crippen molar-refractivity contribution in [2.75, 3.05) is 13.1 Å². The van der Waals surface area contributed by atoms with Gasteiger partial charge in [-0.05, 0) is 44.5 Å². The molecule has 110 valence electrons. The van der Waals surface area contributed by atoms with Gasteiger partial charge in [0.15, 0.2) is 0 Å². The minimum Gasteiger partial charge on any atom is -0.481 e. The summed E-state index contributed by atoms with van der Waals surface area (Å²) in [5.41, 5.74) is 0.365. The third-order valence-electron chi connectivity index (χ3n) is 3.94. The van der Waals surface area contributed by atoms with Crippen molar-refractivity contribution in [3.63, 3.8) is 0 Å². The van der Waals surface area contributed by atoms with Gasteiger partial charge in [-0.1, -0.05) is 15.9 Å². The zero-order valence-corrected chi connectivity index (χ0v) is 13.4. The summed E-state index contributed by atoms with van der Waals surface area (Å²) >= 11 is 3.33. The number of hydrogen-bond donors (Lipinski definition) is 1. The maximum atomic E-state index is 14.0. The van der Waals surface area contributed by atoms with E-state index in [0.29, 0.717) is 18.7 Å². The number of nitrogens with zero attached hydrogens (tertiary/aromatic N) is 1. The van der Waals surface area contributed by atoms with E-state index >= 15 is 0 Å². The van der Waals surface area contributed by atoms with E-state index in [1.54, 1.807) is 12.1 Å². The van der Waals surface area contributed by atoms with Crippen molar-refractivity contribution in [3.05, 3.63) is 34.1 Å². The first-order valence-electron chi connectivity index (χ1n) is 6.63. The van der Waals surface area contributed by atoms with Crippen LogP contribution in [-0.2, 0) is 4.79 Å². The lowest BCUT2D eigenvalue weighted by Crippen LogP contribution is -2.40. The second-order valence-electron chi connectivity index (χ2n) is 6.29. The molecule has 1 aromatic rings. The fraction of sp³-hybridized carbons (Fsp3) is 0.533. The predicted molar refractivity (Wildman–Crippen MR) is 79.3 cm³/mol. The molecule has 20 heavy (non-hydrogen) atoms. The number of carbonyl (C=O) groups is 1. The average Bonchev–Trinajstić information content (AvgIpc) is 2.77. The Labute approximate surface area is 126 Å². The van der Waals surface area contributed by atoms with E-state index in [1.165, 1.54) is 6.07 Å². The smallest absolute Gasteiger partial charge is 0.308 e. The summed E-state index contributed by atoms with van der Waals surface area (Å²) in [5.74, 6) is -2.08. The van der Waals surface area contributed by atoms with Gasteiger partial charge in [-0.2, -0.15) is 0 Å². The Bertz CT molecular complexity index is 527. The minimum atomic E-state index is -0.860. The van der Waals surface area contributed by atoms with Crippen LogP contribution in [0.25, 0.3) is 0 Å². The van der Waals surface area contributed by atoms with Gasteiger partial charge in [-0.15, -0.1) is 0 Å². The van der Waals surface area contributed by atoms with E-state index in [2.05, 4.69) is 20.8 Å². The van der Waals surface area contributed by atoms with Crippen LogP contribution in [-0.4, -0.2) is 34.6 Å². The van der Waals surface area contributed by atoms with Crippen molar-refractivity contribution in [1.29, 1.82) is 0 Å². The van der Waals surface area contributed by atoms with Crippen molar-refractivity contribution in [3.8, 4) is 0 Å². The standard InChI is InChI=1S/C15H19BrFNO2/c1-15(2,3)18-7-11(12(8-18)14(19)20)10-6-9(16)4-5-13(10)17/h4-6,11-12H,7-8H2,1-3H3,(H,19,20)/t11-,12+/m1/s1. The van der Waals surface area contributed by atoms with Gasteiger partial charge in [-0.25, -0.2) is 4.39 Å². The van der Waals surface area contributed by atoms with E-state index < -0.39 is 11.9 Å². The SMILES string of the molecule is CC(C)(C)N1C[C@H](C(=O)O)[C@@H](c2cc(Br)ccc2F)C1. The molecule has 1 aromatic carbocycles. The van der Waals surface area contributed by atoms with Crippen LogP contribution >= 0.6 is 15.9 Å². The number of halogens is 2. The monoisotopic (exact) mass is 343 g/mol. The molecule has 0 aromatic heterocycles. The highest BCUT2D eigenvalue weighted by Gasteiger charge is 2.42. The molecule has 1 fully saturated rings. The molecule has 1 saturated heterocycles. The largest absolute Gasteiger partial charge is 0.481 e. The first kappa shape index (κ1) is 15.4. The molecule has 0 aliphatic carbocycles. The van der Waals surface area contributed by atoms with Gasteiger partial charge < -0.3 is 5.11 Å². The molecule has 1 heterocycles. The van der Waals surface area contributed by atoms with Gasteiger partial charge >= 0.3 is 5.97 Å². The Kier molecular flexibility index (Phi) is 4.21. The number of carboxylic acids is 1. The number of hydrogen-bond acceptors (Lipinski definition) is 2. The fourth-order valence-corrected chi connectivity index (χ4v) is 3.09. The Morgan fingerprint density at radius 2 is 2.05 bits per heavy atom. The Morgan fingerprint density at radius 3 is 2.60 bits per heavy atom. The molecule has 1 N–H and O–H groups in total. The molecule has 5 heteroatoms. The third kappa shape index (κ3) is 3.04. The fourth-order valence-electron chi connectivity index (χ4n) is 2.72. The van der Waals surface area contributed by atoms with E-state index in [4.69, 9.17) is 0 Å². The zero-order chi connectivity index (χ0) is 15.1. The Morgan fingerprint density at radius 1 is 1.40 bits per heavy atom. The van der Waals surface area contributed by atoms with Crippen molar-refractivity contribution >= 4 is 21.9 Å². The quantitative estimate of drug-likeness (QED) is 0.893. The lowest BCUT2D eigenvalue weighted by molar-refractivity contribution is -0.141. The average molecular weight is 344 g/mol. The molecular formula is C15H19BrFNO2. The van der Waals surface area contributed by atoms with Gasteiger partial charge in [0.05, 0.1) is 5.92 Å². The number of benzene rings is 1. The molecule has 0 saturated carbocycles. The third-order valence-corrected chi connectivity index (χ3v) is 4.44. The summed E-state index contributed by atoms with van der Waals surface area (Å²) in [6.07, 6.45) is 0. The highest BCUT2D eigenvalue weighted by atomic mass is 79.9. The molecule has 1 aliphatic heterocycles. The second-order valence-corrected chi connectivity index (χ2v) is 7.21. The maximum Gasteiger partial charge on any atom is 0.308 e. The zero-order valence-electron chi connectivity index (χ0n) is 11.9. The summed E-state index contributed by atoms with van der Waals surface area (Å²) in [4.78, 5) is 13.6. The summed E-state index contributed by atoms with van der Waals surface area (Å²) in [6.45, 7) is 7.16. The molecule has 1 aliphatic rings. The van der Waals surface area contributed by atoms with Crippen molar-refractivity contribution in [2.24, 2.45) is 5.92 Å². The summed E-state index contributed by atoms with van der Waals surface area (Å²) in [5, 5.41) is 9.43. The normalized spacial score (nSPS) is 24.1. The van der Waals surface area contributed by atoms with Crippen molar-refractivity contribution in [1.82, 2.24) is 4.90 Å². The van der Waals surface area contributed by atoms with E-state index in [0.717, 1.165) is 4.47 Å². The van der Waals surface area contributed by atoms with Gasteiger partial charge in [0.2, 0.25) is 0 Å². The van der Waals surface area contributed by atoms with Crippen LogP contribution in [0.2, 0.25) is 0 Å². The molecule has 2 atom stereocenters. The van der Waals surface area contributed by atoms with E-state index in [9.17, 15) is 14.3 Å². The first-order valence-corrected chi connectivity index (χ1v) is 7.42. The number of likely N-dealkylation sites (tertiary alicyclic amines) is 1. The second kappa shape index (κ2) is 5.45. The molecule has 3 nitrogen and oxygen atoms in total. The van der Waals surface area contributed by atoms with Crippen LogP contribution in [0.15, 0.2) is 22.7 Å². The summed E-state index contributed by atoms with van der Waals surface area (Å²) in [7, 11) is 0. The van der Waals surface area contributed by atoms with Crippen LogP contribution in [0.5, 0.6) is 0 Å². The van der Waals surface area contributed by atoms with Crippen LogP contribution < -0.4 is 0 Å². The maximum absolute atomic E-state index is 14.0. The minimum absolute atomic E-state index is 0.120. The molecule has 0 bridgehead atoms. The summed E-state index contributed by atoms with van der Waals surface area (Å²) in [6, 6.07) is 4.71. The van der Waals surface area contributed by atoms with Crippen LogP contribution in [0.1, 0.15) is 32.3 Å². The van der Waals surface area contributed by atoms with E-state index in [-0.39, 0.29) is 17.3 Å². The van der Waals surface area contributed by atoms with Gasteiger partial charge in [0.25, 0.3) is 0 Å². The lowest BCUT2D eigenvalue weighted by Gasteiger charge is -2.31. The summed E-state index contributed by atoms with van der Waals surface area (Å²) < 4.78 is 14.8. The molecule has 0 amide bonds. The van der Waals surface area contributed by atoms with E-state index in [1.807, 2.05) is 20.8 Å². The highest BCUT2D eigenvalue weighted by Crippen LogP contribution is 2.38. The number of carboxylic acid groups (broad SMARTS) is 1. The van der Waals surface area contributed by atoms with Crippen molar-refractivity contribution < 1.29 is 14.3 Å². The first-order chi connectivity index (χ1) is 9.20. The van der Waals surface area contributed by atoms with Gasteiger partial charge in [0.1, 0.15) is 5.82 Å². The molecule has 0 radical (unpaired) electrons. The van der Waals surface area contributed by atoms with Crippen molar-refractivity contribution in [2.45, 2.75) is 32.2 Å². The number of rotatable bonds is 2. The van der Waals surface area contributed by atoms with Crippen LogP contribution in [0.4, 0.5) is 4.39 Å². The predicted octanol–water partition coefficient (Wildman–Crippen LogP) is 3.49. The molecule has 0 spiro atoms. The topological polar surface area (TPSA) is 40.5 Å². The van der Waals surface area contributed by atoms with Gasteiger partial charge in [0, 0.05) is 29.0 Å². The Balaban J connectivity index is 2.38. The van der Waals surface area contributed by atoms with Gasteiger partial charge in [-0.3, -0.25) is 9.69 Å². The lowest BCUT2D eigenvalue weighted by atomic mass is 9.89. The molecular weight excluding hydrogens is 325 g/mol. The van der Waals surface area contributed by atoms with Crippen LogP contribution in [0.3, 0.4) is 0 Å².